The summed E-state index contributed by atoms with van der Waals surface area (Å²) in [6.07, 6.45) is 3.78. The Bertz CT molecular complexity index is 344. The lowest BCUT2D eigenvalue weighted by molar-refractivity contribution is 0.900. The third kappa shape index (κ3) is 3.28. The second-order valence-electron chi connectivity index (χ2n) is 3.50. The minimum atomic E-state index is 0.395. The summed E-state index contributed by atoms with van der Waals surface area (Å²) < 4.78 is 0.954. The van der Waals surface area contributed by atoms with Crippen molar-refractivity contribution in [2.45, 2.75) is 19.9 Å². The molecule has 1 heterocycles. The quantitative estimate of drug-likeness (QED) is 0.895. The summed E-state index contributed by atoms with van der Waals surface area (Å²) in [5.41, 5.74) is 7.50. The van der Waals surface area contributed by atoms with E-state index in [0.717, 1.165) is 21.6 Å². The van der Waals surface area contributed by atoms with E-state index in [1.165, 1.54) is 0 Å². The van der Waals surface area contributed by atoms with Gasteiger partial charge in [-0.25, -0.2) is 4.98 Å². The smallest absolute Gasteiger partial charge is 0.140 e. The summed E-state index contributed by atoms with van der Waals surface area (Å²) >= 11 is 5.31. The largest absolute Gasteiger partial charge is 0.397 e. The minimum absolute atomic E-state index is 0.395. The van der Waals surface area contributed by atoms with Gasteiger partial charge in [0.15, 0.2) is 0 Å². The van der Waals surface area contributed by atoms with E-state index >= 15 is 0 Å². The first-order valence-corrected chi connectivity index (χ1v) is 6.91. The fraction of sp³-hybridized carbons (Fsp3) is 0.500. The maximum Gasteiger partial charge on any atom is 0.140 e. The van der Waals surface area contributed by atoms with Crippen LogP contribution in [0.3, 0.4) is 0 Å². The Morgan fingerprint density at radius 1 is 1.67 bits per heavy atom. The van der Waals surface area contributed by atoms with Crippen molar-refractivity contribution in [1.29, 1.82) is 0 Å². The monoisotopic (exact) mass is 289 g/mol. The van der Waals surface area contributed by atoms with Gasteiger partial charge in [0.25, 0.3) is 0 Å². The molecule has 1 unspecified atom stereocenters. The van der Waals surface area contributed by atoms with Crippen LogP contribution in [0.15, 0.2) is 10.7 Å². The van der Waals surface area contributed by atoms with Crippen molar-refractivity contribution in [1.82, 2.24) is 4.98 Å². The Morgan fingerprint density at radius 2 is 2.33 bits per heavy atom. The number of nitrogens with two attached hydrogens (primary N) is 1. The van der Waals surface area contributed by atoms with E-state index in [0.29, 0.717) is 11.7 Å². The molecule has 0 radical (unpaired) electrons. The summed E-state index contributed by atoms with van der Waals surface area (Å²) in [6.45, 7) is 4.11. The van der Waals surface area contributed by atoms with E-state index in [-0.39, 0.29) is 0 Å². The number of nitrogens with zero attached hydrogens (tertiary/aromatic N) is 1. The van der Waals surface area contributed by atoms with Gasteiger partial charge in [-0.3, -0.25) is 0 Å². The first kappa shape index (κ1) is 12.6. The molecule has 0 aliphatic heterocycles. The Hall–Kier alpha value is -0.420. The Morgan fingerprint density at radius 3 is 2.93 bits per heavy atom. The number of anilines is 2. The normalized spacial score (nSPS) is 12.5. The third-order valence-electron chi connectivity index (χ3n) is 2.10. The van der Waals surface area contributed by atoms with Gasteiger partial charge in [-0.05, 0) is 41.6 Å². The van der Waals surface area contributed by atoms with Gasteiger partial charge in [0.1, 0.15) is 5.82 Å². The zero-order chi connectivity index (χ0) is 11.4. The van der Waals surface area contributed by atoms with E-state index in [2.05, 4.69) is 39.4 Å². The molecule has 0 bridgehead atoms. The predicted molar refractivity (Wildman–Crippen MR) is 72.6 cm³/mol. The van der Waals surface area contributed by atoms with Crippen molar-refractivity contribution in [3.63, 3.8) is 0 Å². The molecule has 0 amide bonds. The van der Waals surface area contributed by atoms with Gasteiger partial charge in [-0.15, -0.1) is 0 Å². The summed E-state index contributed by atoms with van der Waals surface area (Å²) in [5, 5.41) is 3.34. The first-order chi connectivity index (χ1) is 7.06. The molecule has 0 fully saturated rings. The van der Waals surface area contributed by atoms with Crippen LogP contribution in [-0.4, -0.2) is 23.0 Å². The molecule has 0 aliphatic rings. The summed E-state index contributed by atoms with van der Waals surface area (Å²) in [6, 6.07) is 0.395. The van der Waals surface area contributed by atoms with Crippen LogP contribution < -0.4 is 11.1 Å². The third-order valence-corrected chi connectivity index (χ3v) is 3.91. The number of hydrogen-bond acceptors (Lipinski definition) is 4. The SMILES string of the molecule is CSCC(C)Nc1ncc(N)c(C)c1Br. The molecular formula is C10H16BrN3S. The van der Waals surface area contributed by atoms with Gasteiger partial charge in [0.05, 0.1) is 16.4 Å². The molecule has 15 heavy (non-hydrogen) atoms. The zero-order valence-corrected chi connectivity index (χ0v) is 11.6. The van der Waals surface area contributed by atoms with Gasteiger partial charge in [0, 0.05) is 11.8 Å². The molecular weight excluding hydrogens is 274 g/mol. The summed E-state index contributed by atoms with van der Waals surface area (Å²) in [7, 11) is 0. The molecule has 1 aromatic heterocycles. The molecule has 3 nitrogen and oxygen atoms in total. The molecule has 84 valence electrons. The number of pyridine rings is 1. The maximum absolute atomic E-state index is 5.75. The molecule has 1 aromatic rings. The van der Waals surface area contributed by atoms with Crippen LogP contribution in [0.1, 0.15) is 12.5 Å². The second kappa shape index (κ2) is 5.61. The highest BCUT2D eigenvalue weighted by Crippen LogP contribution is 2.28. The highest BCUT2D eigenvalue weighted by Gasteiger charge is 2.09. The lowest BCUT2D eigenvalue weighted by atomic mass is 10.2. The van der Waals surface area contributed by atoms with Crippen molar-refractivity contribution >= 4 is 39.2 Å². The number of rotatable bonds is 4. The van der Waals surface area contributed by atoms with Gasteiger partial charge < -0.3 is 11.1 Å². The van der Waals surface area contributed by atoms with E-state index in [4.69, 9.17) is 5.73 Å². The molecule has 5 heteroatoms. The molecule has 0 spiro atoms. The van der Waals surface area contributed by atoms with Crippen molar-refractivity contribution in [3.05, 3.63) is 16.2 Å². The molecule has 1 rings (SSSR count). The van der Waals surface area contributed by atoms with E-state index < -0.39 is 0 Å². The van der Waals surface area contributed by atoms with Crippen molar-refractivity contribution in [2.24, 2.45) is 0 Å². The van der Waals surface area contributed by atoms with Crippen LogP contribution in [-0.2, 0) is 0 Å². The molecule has 0 saturated carbocycles. The van der Waals surface area contributed by atoms with Crippen molar-refractivity contribution in [2.75, 3.05) is 23.1 Å². The highest BCUT2D eigenvalue weighted by molar-refractivity contribution is 9.10. The zero-order valence-electron chi connectivity index (χ0n) is 9.17. The number of hydrogen-bond donors (Lipinski definition) is 2. The highest BCUT2D eigenvalue weighted by atomic mass is 79.9. The second-order valence-corrected chi connectivity index (χ2v) is 5.21. The van der Waals surface area contributed by atoms with Crippen LogP contribution in [0.2, 0.25) is 0 Å². The van der Waals surface area contributed by atoms with Gasteiger partial charge in [-0.1, -0.05) is 0 Å². The average molecular weight is 290 g/mol. The number of nitrogen functional groups attached to an aromatic ring is 1. The van der Waals surface area contributed by atoms with Gasteiger partial charge in [-0.2, -0.15) is 11.8 Å². The van der Waals surface area contributed by atoms with Gasteiger partial charge in [0.2, 0.25) is 0 Å². The lowest BCUT2D eigenvalue weighted by Gasteiger charge is -2.15. The average Bonchev–Trinajstić information content (AvgIpc) is 2.20. The van der Waals surface area contributed by atoms with E-state index in [1.807, 2.05) is 18.7 Å². The first-order valence-electron chi connectivity index (χ1n) is 4.72. The van der Waals surface area contributed by atoms with Crippen LogP contribution in [0.4, 0.5) is 11.5 Å². The van der Waals surface area contributed by atoms with Crippen LogP contribution >= 0.6 is 27.7 Å². The molecule has 0 aliphatic carbocycles. The fourth-order valence-corrected chi connectivity index (χ4v) is 2.25. The minimum Gasteiger partial charge on any atom is -0.397 e. The maximum atomic E-state index is 5.75. The molecule has 0 saturated heterocycles. The lowest BCUT2D eigenvalue weighted by Crippen LogP contribution is -2.19. The predicted octanol–water partition coefficient (Wildman–Crippen LogP) is 2.90. The van der Waals surface area contributed by atoms with Crippen molar-refractivity contribution < 1.29 is 0 Å². The molecule has 1 atom stereocenters. The van der Waals surface area contributed by atoms with Gasteiger partial charge >= 0.3 is 0 Å². The topological polar surface area (TPSA) is 50.9 Å². The van der Waals surface area contributed by atoms with Crippen molar-refractivity contribution in [3.8, 4) is 0 Å². The number of halogens is 1. The van der Waals surface area contributed by atoms with Crippen LogP contribution in [0.25, 0.3) is 0 Å². The molecule has 0 aromatic carbocycles. The number of aromatic nitrogens is 1. The Labute approximate surface area is 103 Å². The standard InChI is InChI=1S/C10H16BrN3S/c1-6(5-15-3)14-10-9(11)7(2)8(12)4-13-10/h4,6H,5,12H2,1-3H3,(H,13,14). The van der Waals surface area contributed by atoms with E-state index in [9.17, 15) is 0 Å². The van der Waals surface area contributed by atoms with Crippen LogP contribution in [0, 0.1) is 6.92 Å². The summed E-state index contributed by atoms with van der Waals surface area (Å²) in [5.74, 6) is 1.92. The fourth-order valence-electron chi connectivity index (χ4n) is 1.22. The van der Waals surface area contributed by atoms with Crippen LogP contribution in [0.5, 0.6) is 0 Å². The van der Waals surface area contributed by atoms with E-state index in [1.54, 1.807) is 6.20 Å². The number of thioether (sulfide) groups is 1. The Kier molecular flexibility index (Phi) is 4.73. The Balaban J connectivity index is 2.82. The number of nitrogens with one attached hydrogen (secondary N) is 1. The summed E-state index contributed by atoms with van der Waals surface area (Å²) in [4.78, 5) is 4.27. The molecule has 3 N–H and O–H groups in total.